The summed E-state index contributed by atoms with van der Waals surface area (Å²) in [5, 5.41) is 27.4. The third kappa shape index (κ3) is 4.88. The molecule has 0 aromatic rings. The number of carbonyl (C=O) groups is 1. The highest BCUT2D eigenvalue weighted by molar-refractivity contribution is 5.66. The molecule has 3 N–H and O–H groups in total. The van der Waals surface area contributed by atoms with Gasteiger partial charge in [0.05, 0.1) is 6.10 Å². The zero-order valence-electron chi connectivity index (χ0n) is 10.1. The van der Waals surface area contributed by atoms with Crippen LogP contribution in [0.3, 0.4) is 0 Å². The van der Waals surface area contributed by atoms with Crippen LogP contribution in [0, 0.1) is 11.8 Å². The molecule has 0 saturated heterocycles. The molecule has 3 atom stereocenters. The largest absolute Gasteiger partial charge is 0.481 e. The van der Waals surface area contributed by atoms with E-state index >= 15 is 0 Å². The summed E-state index contributed by atoms with van der Waals surface area (Å²) in [7, 11) is 0. The van der Waals surface area contributed by atoms with Crippen molar-refractivity contribution in [3.63, 3.8) is 0 Å². The van der Waals surface area contributed by atoms with Gasteiger partial charge in [0.25, 0.3) is 0 Å². The van der Waals surface area contributed by atoms with Gasteiger partial charge in [-0.2, -0.15) is 0 Å². The number of unbranched alkanes of at least 4 members (excludes halogenated alkanes) is 1. The highest BCUT2D eigenvalue weighted by Crippen LogP contribution is 2.34. The minimum atomic E-state index is -0.759. The normalized spacial score (nSPS) is 28.9. The van der Waals surface area contributed by atoms with Gasteiger partial charge in [0.15, 0.2) is 0 Å². The maximum absolute atomic E-state index is 10.3. The molecular formula is C13H22O4. The van der Waals surface area contributed by atoms with Gasteiger partial charge in [0.2, 0.25) is 0 Å². The predicted molar refractivity (Wildman–Crippen MR) is 64.6 cm³/mol. The van der Waals surface area contributed by atoms with Crippen LogP contribution in [-0.2, 0) is 4.79 Å². The smallest absolute Gasteiger partial charge is 0.303 e. The number of rotatable bonds is 7. The van der Waals surface area contributed by atoms with Crippen molar-refractivity contribution in [3.8, 4) is 0 Å². The second-order valence-corrected chi connectivity index (χ2v) is 4.74. The monoisotopic (exact) mass is 242 g/mol. The average Bonchev–Trinajstić information content (AvgIpc) is 2.64. The van der Waals surface area contributed by atoms with Crippen molar-refractivity contribution in [1.29, 1.82) is 0 Å². The van der Waals surface area contributed by atoms with Crippen LogP contribution in [0.2, 0.25) is 0 Å². The molecule has 0 unspecified atom stereocenters. The Balaban J connectivity index is 2.20. The highest BCUT2D eigenvalue weighted by atomic mass is 16.4. The summed E-state index contributed by atoms with van der Waals surface area (Å²) in [6, 6.07) is 0. The van der Waals surface area contributed by atoms with Gasteiger partial charge >= 0.3 is 5.97 Å². The zero-order chi connectivity index (χ0) is 12.7. The lowest BCUT2D eigenvalue weighted by molar-refractivity contribution is -0.137. The topological polar surface area (TPSA) is 77.8 Å². The van der Waals surface area contributed by atoms with Gasteiger partial charge in [-0.3, -0.25) is 4.79 Å². The molecule has 1 fully saturated rings. The number of hydrogen-bond acceptors (Lipinski definition) is 3. The fourth-order valence-electron chi connectivity index (χ4n) is 2.45. The van der Waals surface area contributed by atoms with Crippen molar-refractivity contribution in [2.24, 2.45) is 11.8 Å². The summed E-state index contributed by atoms with van der Waals surface area (Å²) >= 11 is 0. The lowest BCUT2D eigenvalue weighted by Gasteiger charge is -2.18. The SMILES string of the molecule is O=C(O)CCC/C=C\C[C@@H]1[C@@H](CO)CC[C@@H]1O. The van der Waals surface area contributed by atoms with E-state index in [1.165, 1.54) is 0 Å². The number of hydrogen-bond donors (Lipinski definition) is 3. The Bertz CT molecular complexity index is 262. The van der Waals surface area contributed by atoms with E-state index in [2.05, 4.69) is 0 Å². The molecular weight excluding hydrogens is 220 g/mol. The van der Waals surface area contributed by atoms with Crippen LogP contribution < -0.4 is 0 Å². The number of allylic oxidation sites excluding steroid dienone is 2. The number of aliphatic hydroxyl groups is 2. The Morgan fingerprint density at radius 3 is 2.71 bits per heavy atom. The van der Waals surface area contributed by atoms with E-state index in [0.717, 1.165) is 25.7 Å². The molecule has 0 aliphatic heterocycles. The van der Waals surface area contributed by atoms with Crippen LogP contribution >= 0.6 is 0 Å². The molecule has 0 radical (unpaired) electrons. The second-order valence-electron chi connectivity index (χ2n) is 4.74. The summed E-state index contributed by atoms with van der Waals surface area (Å²) in [6.07, 6.45) is 7.76. The Hall–Kier alpha value is -0.870. The minimum absolute atomic E-state index is 0.147. The van der Waals surface area contributed by atoms with Crippen LogP contribution in [0.15, 0.2) is 12.2 Å². The van der Waals surface area contributed by atoms with Gasteiger partial charge in [0.1, 0.15) is 0 Å². The molecule has 1 aliphatic carbocycles. The first kappa shape index (κ1) is 14.2. The molecule has 0 heterocycles. The first-order valence-corrected chi connectivity index (χ1v) is 6.31. The number of aliphatic hydroxyl groups excluding tert-OH is 2. The molecule has 0 bridgehead atoms. The third-order valence-electron chi connectivity index (χ3n) is 3.50. The van der Waals surface area contributed by atoms with Gasteiger partial charge in [-0.25, -0.2) is 0 Å². The van der Waals surface area contributed by atoms with Gasteiger partial charge < -0.3 is 15.3 Å². The first-order chi connectivity index (χ1) is 8.15. The Morgan fingerprint density at radius 1 is 1.29 bits per heavy atom. The molecule has 17 heavy (non-hydrogen) atoms. The van der Waals surface area contributed by atoms with Crippen molar-refractivity contribution in [2.75, 3.05) is 6.61 Å². The number of carboxylic acid groups (broad SMARTS) is 1. The van der Waals surface area contributed by atoms with Crippen molar-refractivity contribution in [2.45, 2.75) is 44.6 Å². The molecule has 4 heteroatoms. The van der Waals surface area contributed by atoms with E-state index in [9.17, 15) is 9.90 Å². The Morgan fingerprint density at radius 2 is 2.06 bits per heavy atom. The summed E-state index contributed by atoms with van der Waals surface area (Å²) in [4.78, 5) is 10.3. The summed E-state index contributed by atoms with van der Waals surface area (Å²) < 4.78 is 0. The van der Waals surface area contributed by atoms with Crippen molar-refractivity contribution < 1.29 is 20.1 Å². The average molecular weight is 242 g/mol. The van der Waals surface area contributed by atoms with Crippen LogP contribution in [0.4, 0.5) is 0 Å². The Labute approximate surface area is 102 Å². The van der Waals surface area contributed by atoms with Crippen LogP contribution in [0.5, 0.6) is 0 Å². The molecule has 0 aromatic carbocycles. The zero-order valence-corrected chi connectivity index (χ0v) is 10.1. The first-order valence-electron chi connectivity index (χ1n) is 6.31. The van der Waals surface area contributed by atoms with Crippen LogP contribution in [0.25, 0.3) is 0 Å². The molecule has 0 amide bonds. The maximum atomic E-state index is 10.3. The van der Waals surface area contributed by atoms with Crippen LogP contribution in [0.1, 0.15) is 38.5 Å². The van der Waals surface area contributed by atoms with Crippen molar-refractivity contribution in [1.82, 2.24) is 0 Å². The van der Waals surface area contributed by atoms with E-state index in [1.54, 1.807) is 0 Å². The minimum Gasteiger partial charge on any atom is -0.481 e. The molecule has 4 nitrogen and oxygen atoms in total. The van der Waals surface area contributed by atoms with Crippen molar-refractivity contribution in [3.05, 3.63) is 12.2 Å². The van der Waals surface area contributed by atoms with E-state index in [4.69, 9.17) is 10.2 Å². The molecule has 1 rings (SSSR count). The van der Waals surface area contributed by atoms with E-state index in [1.807, 2.05) is 12.2 Å². The fourth-order valence-corrected chi connectivity index (χ4v) is 2.45. The fraction of sp³-hybridized carbons (Fsp3) is 0.769. The van der Waals surface area contributed by atoms with Crippen molar-refractivity contribution >= 4 is 5.97 Å². The van der Waals surface area contributed by atoms with Gasteiger partial charge in [0, 0.05) is 13.0 Å². The second kappa shape index (κ2) is 7.45. The predicted octanol–water partition coefficient (Wildman–Crippen LogP) is 1.57. The number of aliphatic carboxylic acids is 1. The number of carboxylic acids is 1. The molecule has 0 aromatic heterocycles. The Kier molecular flexibility index (Phi) is 6.22. The third-order valence-corrected chi connectivity index (χ3v) is 3.50. The van der Waals surface area contributed by atoms with Gasteiger partial charge in [-0.15, -0.1) is 0 Å². The highest BCUT2D eigenvalue weighted by Gasteiger charge is 2.33. The van der Waals surface area contributed by atoms with E-state index in [0.29, 0.717) is 6.42 Å². The van der Waals surface area contributed by atoms with E-state index < -0.39 is 5.97 Å². The van der Waals surface area contributed by atoms with Gasteiger partial charge in [-0.05, 0) is 43.9 Å². The van der Waals surface area contributed by atoms with Crippen LogP contribution in [-0.4, -0.2) is 34.0 Å². The summed E-state index contributed by atoms with van der Waals surface area (Å²) in [5.41, 5.74) is 0. The lowest BCUT2D eigenvalue weighted by atomic mass is 9.92. The van der Waals surface area contributed by atoms with Gasteiger partial charge in [-0.1, -0.05) is 12.2 Å². The molecule has 0 spiro atoms. The molecule has 1 saturated carbocycles. The molecule has 98 valence electrons. The van der Waals surface area contributed by atoms with E-state index in [-0.39, 0.29) is 31.0 Å². The quantitative estimate of drug-likeness (QED) is 0.468. The molecule has 1 aliphatic rings. The summed E-state index contributed by atoms with van der Waals surface area (Å²) in [5.74, 6) is -0.380. The lowest BCUT2D eigenvalue weighted by Crippen LogP contribution is -2.20. The maximum Gasteiger partial charge on any atom is 0.303 e. The standard InChI is InChI=1S/C13H22O4/c14-9-10-7-8-12(15)11(10)5-3-1-2-4-6-13(16)17/h1,3,10-12,14-15H,2,4-9H2,(H,16,17)/b3-1-/t10-,11-,12+/m1/s1. The summed E-state index contributed by atoms with van der Waals surface area (Å²) in [6.45, 7) is 0.147.